The van der Waals surface area contributed by atoms with E-state index in [1.165, 1.54) is 23.8 Å². The molecule has 0 bridgehead atoms. The molecular weight excluding hydrogens is 326 g/mol. The van der Waals surface area contributed by atoms with Gasteiger partial charge in [0.25, 0.3) is 5.91 Å². The summed E-state index contributed by atoms with van der Waals surface area (Å²) in [6, 6.07) is 3.42. The summed E-state index contributed by atoms with van der Waals surface area (Å²) in [5, 5.41) is 0. The summed E-state index contributed by atoms with van der Waals surface area (Å²) in [4.78, 5) is 28.5. The van der Waals surface area contributed by atoms with Crippen molar-refractivity contribution in [3.8, 4) is 0 Å². The molecule has 2 aliphatic heterocycles. The van der Waals surface area contributed by atoms with Crippen LogP contribution in [-0.4, -0.2) is 47.8 Å². The zero-order chi connectivity index (χ0) is 17.8. The summed E-state index contributed by atoms with van der Waals surface area (Å²) in [7, 11) is 0. The maximum atomic E-state index is 13.8. The predicted molar refractivity (Wildman–Crippen MR) is 90.0 cm³/mol. The lowest BCUT2D eigenvalue weighted by Crippen LogP contribution is -2.45. The summed E-state index contributed by atoms with van der Waals surface area (Å²) in [6.07, 6.45) is 5.55. The van der Waals surface area contributed by atoms with Crippen molar-refractivity contribution in [2.75, 3.05) is 26.2 Å². The molecule has 1 aromatic rings. The minimum atomic E-state index is -0.840. The Bertz CT molecular complexity index is 614. The van der Waals surface area contributed by atoms with Crippen LogP contribution < -0.4 is 0 Å². The molecule has 0 N–H and O–H groups in total. The second kappa shape index (κ2) is 7.93. The number of halogens is 2. The maximum absolute atomic E-state index is 13.8. The van der Waals surface area contributed by atoms with Gasteiger partial charge in [0, 0.05) is 32.1 Å². The topological polar surface area (TPSA) is 40.6 Å². The van der Waals surface area contributed by atoms with Crippen LogP contribution in [0.25, 0.3) is 0 Å². The van der Waals surface area contributed by atoms with Crippen molar-refractivity contribution in [3.63, 3.8) is 0 Å². The van der Waals surface area contributed by atoms with Gasteiger partial charge in [-0.15, -0.1) is 0 Å². The van der Waals surface area contributed by atoms with Crippen LogP contribution in [0.15, 0.2) is 18.2 Å². The Labute approximate surface area is 146 Å². The number of hydrogen-bond acceptors (Lipinski definition) is 2. The van der Waals surface area contributed by atoms with Crippen LogP contribution in [-0.2, 0) is 4.79 Å². The number of likely N-dealkylation sites (tertiary alicyclic amines) is 2. The molecule has 2 amide bonds. The second-order valence-corrected chi connectivity index (χ2v) is 6.90. The third-order valence-corrected chi connectivity index (χ3v) is 5.23. The Balaban J connectivity index is 1.60. The third kappa shape index (κ3) is 3.99. The van der Waals surface area contributed by atoms with E-state index in [1.54, 1.807) is 0 Å². The van der Waals surface area contributed by atoms with Gasteiger partial charge in [-0.3, -0.25) is 9.59 Å². The van der Waals surface area contributed by atoms with Crippen molar-refractivity contribution >= 4 is 11.8 Å². The smallest absolute Gasteiger partial charge is 0.259 e. The summed E-state index contributed by atoms with van der Waals surface area (Å²) < 4.78 is 27.6. The number of nitrogens with zero attached hydrogens (tertiary/aromatic N) is 2. The van der Waals surface area contributed by atoms with Gasteiger partial charge in [-0.05, 0) is 37.8 Å². The van der Waals surface area contributed by atoms with E-state index in [4.69, 9.17) is 0 Å². The highest BCUT2D eigenvalue weighted by Gasteiger charge is 2.32. The van der Waals surface area contributed by atoms with Crippen LogP contribution >= 0.6 is 0 Å². The molecule has 2 heterocycles. The Morgan fingerprint density at radius 1 is 0.840 bits per heavy atom. The minimum Gasteiger partial charge on any atom is -0.342 e. The molecule has 6 heteroatoms. The van der Waals surface area contributed by atoms with Gasteiger partial charge in [0.05, 0.1) is 0 Å². The fourth-order valence-electron chi connectivity index (χ4n) is 3.74. The van der Waals surface area contributed by atoms with Crippen LogP contribution in [0, 0.1) is 17.6 Å². The minimum absolute atomic E-state index is 0.0902. The van der Waals surface area contributed by atoms with Crippen LogP contribution in [0.2, 0.25) is 0 Å². The number of piperidine rings is 1. The predicted octanol–water partition coefficient (Wildman–Crippen LogP) is 3.22. The molecule has 2 fully saturated rings. The highest BCUT2D eigenvalue weighted by Crippen LogP contribution is 2.24. The molecule has 136 valence electrons. The molecule has 0 spiro atoms. The zero-order valence-corrected chi connectivity index (χ0v) is 14.3. The second-order valence-electron chi connectivity index (χ2n) is 6.90. The van der Waals surface area contributed by atoms with Crippen molar-refractivity contribution in [2.45, 2.75) is 38.5 Å². The summed E-state index contributed by atoms with van der Waals surface area (Å²) in [5.41, 5.74) is -0.500. The van der Waals surface area contributed by atoms with Gasteiger partial charge in [-0.2, -0.15) is 0 Å². The molecule has 0 aliphatic carbocycles. The molecule has 25 heavy (non-hydrogen) atoms. The van der Waals surface area contributed by atoms with Crippen molar-refractivity contribution in [1.29, 1.82) is 0 Å². The van der Waals surface area contributed by atoms with Gasteiger partial charge in [-0.25, -0.2) is 8.78 Å². The summed E-state index contributed by atoms with van der Waals surface area (Å²) >= 11 is 0. The molecule has 0 saturated carbocycles. The van der Waals surface area contributed by atoms with Crippen LogP contribution in [0.1, 0.15) is 48.9 Å². The van der Waals surface area contributed by atoms with Crippen molar-refractivity contribution < 1.29 is 18.4 Å². The lowest BCUT2D eigenvalue weighted by atomic mass is 9.94. The van der Waals surface area contributed by atoms with Crippen LogP contribution in [0.3, 0.4) is 0 Å². The first-order valence-corrected chi connectivity index (χ1v) is 9.10. The average molecular weight is 350 g/mol. The molecule has 0 aromatic heterocycles. The maximum Gasteiger partial charge on any atom is 0.259 e. The van der Waals surface area contributed by atoms with Gasteiger partial charge in [0.2, 0.25) is 5.91 Å². The van der Waals surface area contributed by atoms with Crippen LogP contribution in [0.5, 0.6) is 0 Å². The molecular formula is C19H24F2N2O2. The van der Waals surface area contributed by atoms with E-state index >= 15 is 0 Å². The Hall–Kier alpha value is -1.98. The van der Waals surface area contributed by atoms with Gasteiger partial charge >= 0.3 is 0 Å². The number of rotatable bonds is 2. The monoisotopic (exact) mass is 350 g/mol. The Morgan fingerprint density at radius 3 is 1.96 bits per heavy atom. The molecule has 4 nitrogen and oxygen atoms in total. The fraction of sp³-hybridized carbons (Fsp3) is 0.579. The molecule has 1 aromatic carbocycles. The standard InChI is InChI=1S/C19H24F2N2O2/c20-15-6-5-7-16(21)17(15)19(25)23-12-8-14(9-13-23)18(24)22-10-3-1-2-4-11-22/h5-7,14H,1-4,8-13H2. The van der Waals surface area contributed by atoms with Gasteiger partial charge in [0.15, 0.2) is 0 Å². The quantitative estimate of drug-likeness (QED) is 0.822. The molecule has 2 saturated heterocycles. The van der Waals surface area contributed by atoms with E-state index in [2.05, 4.69) is 0 Å². The number of amides is 2. The average Bonchev–Trinajstić information content (AvgIpc) is 2.90. The van der Waals surface area contributed by atoms with E-state index in [0.29, 0.717) is 25.9 Å². The van der Waals surface area contributed by atoms with Gasteiger partial charge in [0.1, 0.15) is 17.2 Å². The first-order chi connectivity index (χ1) is 12.1. The third-order valence-electron chi connectivity index (χ3n) is 5.23. The number of carbonyl (C=O) groups is 2. The van der Waals surface area contributed by atoms with E-state index in [1.807, 2.05) is 4.90 Å². The van der Waals surface area contributed by atoms with Gasteiger partial charge < -0.3 is 9.80 Å². The zero-order valence-electron chi connectivity index (χ0n) is 14.3. The molecule has 0 radical (unpaired) electrons. The van der Waals surface area contributed by atoms with E-state index in [-0.39, 0.29) is 11.8 Å². The van der Waals surface area contributed by atoms with Crippen molar-refractivity contribution in [2.24, 2.45) is 5.92 Å². The SMILES string of the molecule is O=C(c1c(F)cccc1F)N1CCC(C(=O)N2CCCCCC2)CC1. The summed E-state index contributed by atoms with van der Waals surface area (Å²) in [5.74, 6) is -2.23. The lowest BCUT2D eigenvalue weighted by Gasteiger charge is -2.34. The fourth-order valence-corrected chi connectivity index (χ4v) is 3.74. The molecule has 0 atom stereocenters. The molecule has 3 rings (SSSR count). The number of carbonyl (C=O) groups excluding carboxylic acids is 2. The lowest BCUT2D eigenvalue weighted by molar-refractivity contribution is -0.136. The van der Waals surface area contributed by atoms with Crippen LogP contribution in [0.4, 0.5) is 8.78 Å². The normalized spacial score (nSPS) is 19.6. The van der Waals surface area contributed by atoms with E-state index < -0.39 is 23.1 Å². The van der Waals surface area contributed by atoms with Gasteiger partial charge in [-0.1, -0.05) is 18.9 Å². The van der Waals surface area contributed by atoms with E-state index in [9.17, 15) is 18.4 Å². The highest BCUT2D eigenvalue weighted by molar-refractivity contribution is 5.95. The Morgan fingerprint density at radius 2 is 1.40 bits per heavy atom. The Kier molecular flexibility index (Phi) is 5.66. The number of hydrogen-bond donors (Lipinski definition) is 0. The largest absolute Gasteiger partial charge is 0.342 e. The van der Waals surface area contributed by atoms with Crippen molar-refractivity contribution in [3.05, 3.63) is 35.4 Å². The first-order valence-electron chi connectivity index (χ1n) is 9.10. The highest BCUT2D eigenvalue weighted by atomic mass is 19.1. The summed E-state index contributed by atoms with van der Waals surface area (Å²) in [6.45, 7) is 2.35. The van der Waals surface area contributed by atoms with Crippen molar-refractivity contribution in [1.82, 2.24) is 9.80 Å². The molecule has 2 aliphatic rings. The number of benzene rings is 1. The van der Waals surface area contributed by atoms with E-state index in [0.717, 1.165) is 38.1 Å². The first kappa shape index (κ1) is 17.8. The molecule has 0 unspecified atom stereocenters.